The van der Waals surface area contributed by atoms with Crippen molar-refractivity contribution in [1.82, 2.24) is 24.8 Å². The quantitative estimate of drug-likeness (QED) is 0.583. The molecule has 1 aromatic carbocycles. The lowest BCUT2D eigenvalue weighted by Gasteiger charge is -2.30. The molecule has 1 aliphatic carbocycles. The van der Waals surface area contributed by atoms with Crippen LogP contribution in [-0.2, 0) is 17.8 Å². The van der Waals surface area contributed by atoms with Gasteiger partial charge in [0.2, 0.25) is 5.91 Å². The molecular formula is C25H29N5O2. The Labute approximate surface area is 187 Å². The van der Waals surface area contributed by atoms with Crippen molar-refractivity contribution in [1.29, 1.82) is 0 Å². The number of fused-ring (bicyclic) bond motifs is 2. The minimum atomic E-state index is 0.0895. The lowest BCUT2D eigenvalue weighted by atomic mass is 9.81. The molecule has 0 atom stereocenters. The van der Waals surface area contributed by atoms with E-state index in [0.29, 0.717) is 12.5 Å². The Morgan fingerprint density at radius 3 is 2.69 bits per heavy atom. The standard InChI is InChI=1S/C25H29N5O2/c31-24(26-14-5-9-23-28-27-22-8-3-4-15-30(22)23)19-12-10-18(11-13-19)16-29-17-20-6-1-2-7-21(20)25(29)32/h1-4,6-8,15,18-19H,5,9-14,16-17H2,(H,26,31). The Morgan fingerprint density at radius 1 is 1.03 bits per heavy atom. The highest BCUT2D eigenvalue weighted by Gasteiger charge is 2.31. The highest BCUT2D eigenvalue weighted by molar-refractivity contribution is 5.98. The lowest BCUT2D eigenvalue weighted by Crippen LogP contribution is -2.36. The van der Waals surface area contributed by atoms with Gasteiger partial charge in [0.15, 0.2) is 5.65 Å². The second-order valence-electron chi connectivity index (χ2n) is 9.00. The first-order chi connectivity index (χ1) is 15.7. The predicted molar refractivity (Wildman–Crippen MR) is 121 cm³/mol. The smallest absolute Gasteiger partial charge is 0.254 e. The average molecular weight is 432 g/mol. The van der Waals surface area contributed by atoms with E-state index in [1.54, 1.807) is 0 Å². The molecule has 7 heteroatoms. The SMILES string of the molecule is O=C(NCCCc1nnc2ccccn12)C1CCC(CN2Cc3ccccc3C2=O)CC1. The summed E-state index contributed by atoms with van der Waals surface area (Å²) in [7, 11) is 0. The fraction of sp³-hybridized carbons (Fsp3) is 0.440. The topological polar surface area (TPSA) is 79.6 Å². The van der Waals surface area contributed by atoms with Crippen LogP contribution >= 0.6 is 0 Å². The van der Waals surface area contributed by atoms with Crippen molar-refractivity contribution in [3.8, 4) is 0 Å². The molecule has 32 heavy (non-hydrogen) atoms. The third-order valence-electron chi connectivity index (χ3n) is 6.85. The van der Waals surface area contributed by atoms with E-state index in [1.807, 2.05) is 58.0 Å². The van der Waals surface area contributed by atoms with Gasteiger partial charge in [0.05, 0.1) is 0 Å². The highest BCUT2D eigenvalue weighted by atomic mass is 16.2. The van der Waals surface area contributed by atoms with Gasteiger partial charge < -0.3 is 10.2 Å². The van der Waals surface area contributed by atoms with Gasteiger partial charge in [-0.05, 0) is 61.8 Å². The zero-order chi connectivity index (χ0) is 21.9. The van der Waals surface area contributed by atoms with Gasteiger partial charge in [0.1, 0.15) is 5.82 Å². The monoisotopic (exact) mass is 431 g/mol. The van der Waals surface area contributed by atoms with E-state index in [2.05, 4.69) is 15.5 Å². The fourth-order valence-corrected chi connectivity index (χ4v) is 5.04. The minimum absolute atomic E-state index is 0.0895. The number of aryl methyl sites for hydroxylation is 1. The summed E-state index contributed by atoms with van der Waals surface area (Å²) in [5, 5.41) is 11.5. The van der Waals surface area contributed by atoms with Crippen LogP contribution in [-0.4, -0.2) is 44.4 Å². The van der Waals surface area contributed by atoms with E-state index in [1.165, 1.54) is 0 Å². The molecular weight excluding hydrogens is 402 g/mol. The zero-order valence-corrected chi connectivity index (χ0v) is 18.2. The third-order valence-corrected chi connectivity index (χ3v) is 6.85. The summed E-state index contributed by atoms with van der Waals surface area (Å²) in [4.78, 5) is 27.2. The van der Waals surface area contributed by atoms with Crippen LogP contribution in [0.15, 0.2) is 48.7 Å². The minimum Gasteiger partial charge on any atom is -0.356 e. The van der Waals surface area contributed by atoms with Crippen molar-refractivity contribution in [3.05, 3.63) is 65.6 Å². The molecule has 1 fully saturated rings. The number of amides is 2. The largest absolute Gasteiger partial charge is 0.356 e. The molecule has 0 bridgehead atoms. The van der Waals surface area contributed by atoms with E-state index in [9.17, 15) is 9.59 Å². The molecule has 2 amide bonds. The first-order valence-electron chi connectivity index (χ1n) is 11.6. The molecule has 5 rings (SSSR count). The molecule has 3 heterocycles. The molecule has 3 aromatic rings. The second-order valence-corrected chi connectivity index (χ2v) is 9.00. The molecule has 0 radical (unpaired) electrons. The summed E-state index contributed by atoms with van der Waals surface area (Å²) >= 11 is 0. The van der Waals surface area contributed by atoms with Crippen LogP contribution in [0.1, 0.15) is 53.8 Å². The molecule has 2 aromatic heterocycles. The molecule has 1 aliphatic heterocycles. The zero-order valence-electron chi connectivity index (χ0n) is 18.2. The van der Waals surface area contributed by atoms with Crippen molar-refractivity contribution in [2.45, 2.75) is 45.1 Å². The van der Waals surface area contributed by atoms with E-state index >= 15 is 0 Å². The van der Waals surface area contributed by atoms with Crippen LogP contribution < -0.4 is 5.32 Å². The summed E-state index contributed by atoms with van der Waals surface area (Å²) in [5.41, 5.74) is 2.83. The predicted octanol–water partition coefficient (Wildman–Crippen LogP) is 3.24. The van der Waals surface area contributed by atoms with Gasteiger partial charge >= 0.3 is 0 Å². The number of carbonyl (C=O) groups excluding carboxylic acids is 2. The molecule has 1 saturated carbocycles. The summed E-state index contributed by atoms with van der Waals surface area (Å²) in [6, 6.07) is 13.7. The van der Waals surface area contributed by atoms with Crippen LogP contribution in [0.5, 0.6) is 0 Å². The molecule has 7 nitrogen and oxygen atoms in total. The third kappa shape index (κ3) is 4.24. The first kappa shape index (κ1) is 20.7. The number of nitrogens with zero attached hydrogens (tertiary/aromatic N) is 4. The number of rotatable bonds is 7. The van der Waals surface area contributed by atoms with Crippen molar-refractivity contribution in [2.24, 2.45) is 11.8 Å². The lowest BCUT2D eigenvalue weighted by molar-refractivity contribution is -0.126. The number of benzene rings is 1. The highest BCUT2D eigenvalue weighted by Crippen LogP contribution is 2.32. The Morgan fingerprint density at radius 2 is 1.84 bits per heavy atom. The number of hydrogen-bond donors (Lipinski definition) is 1. The van der Waals surface area contributed by atoms with Crippen molar-refractivity contribution >= 4 is 17.5 Å². The Kier molecular flexibility index (Phi) is 5.88. The van der Waals surface area contributed by atoms with E-state index in [0.717, 1.165) is 74.2 Å². The molecule has 0 unspecified atom stereocenters. The summed E-state index contributed by atoms with van der Waals surface area (Å²) in [5.74, 6) is 1.82. The van der Waals surface area contributed by atoms with Gasteiger partial charge in [-0.25, -0.2) is 0 Å². The maximum atomic E-state index is 12.6. The van der Waals surface area contributed by atoms with Crippen LogP contribution in [0.4, 0.5) is 0 Å². The molecule has 0 spiro atoms. The number of pyridine rings is 1. The van der Waals surface area contributed by atoms with Gasteiger partial charge in [-0.15, -0.1) is 10.2 Å². The number of hydrogen-bond acceptors (Lipinski definition) is 4. The van der Waals surface area contributed by atoms with E-state index < -0.39 is 0 Å². The van der Waals surface area contributed by atoms with Crippen molar-refractivity contribution in [2.75, 3.05) is 13.1 Å². The van der Waals surface area contributed by atoms with Crippen LogP contribution in [0.2, 0.25) is 0 Å². The molecule has 166 valence electrons. The van der Waals surface area contributed by atoms with E-state index in [-0.39, 0.29) is 17.7 Å². The molecule has 1 N–H and O–H groups in total. The van der Waals surface area contributed by atoms with Gasteiger partial charge in [-0.1, -0.05) is 24.3 Å². The maximum Gasteiger partial charge on any atom is 0.254 e. The number of aromatic nitrogens is 3. The fourth-order valence-electron chi connectivity index (χ4n) is 5.04. The van der Waals surface area contributed by atoms with Crippen LogP contribution in [0.3, 0.4) is 0 Å². The van der Waals surface area contributed by atoms with Gasteiger partial charge in [0.25, 0.3) is 5.91 Å². The van der Waals surface area contributed by atoms with Gasteiger partial charge in [-0.3, -0.25) is 14.0 Å². The Balaban J connectivity index is 1.03. The normalized spacial score (nSPS) is 20.5. The molecule has 0 saturated heterocycles. The van der Waals surface area contributed by atoms with Crippen molar-refractivity contribution in [3.63, 3.8) is 0 Å². The number of nitrogens with one attached hydrogen (secondary N) is 1. The van der Waals surface area contributed by atoms with Crippen LogP contribution in [0, 0.1) is 11.8 Å². The summed E-state index contributed by atoms with van der Waals surface area (Å²) < 4.78 is 1.99. The second kappa shape index (κ2) is 9.10. The van der Waals surface area contributed by atoms with Crippen molar-refractivity contribution < 1.29 is 9.59 Å². The first-order valence-corrected chi connectivity index (χ1v) is 11.6. The molecule has 2 aliphatic rings. The Bertz CT molecular complexity index is 1120. The average Bonchev–Trinajstić information content (AvgIpc) is 3.38. The van der Waals surface area contributed by atoms with E-state index in [4.69, 9.17) is 0 Å². The Hall–Kier alpha value is -3.22. The van der Waals surface area contributed by atoms with Gasteiger partial charge in [0, 0.05) is 43.7 Å². The summed E-state index contributed by atoms with van der Waals surface area (Å²) in [6.07, 6.45) is 7.41. The van der Waals surface area contributed by atoms with Gasteiger partial charge in [-0.2, -0.15) is 0 Å². The van der Waals surface area contributed by atoms with Crippen LogP contribution in [0.25, 0.3) is 5.65 Å². The number of carbonyl (C=O) groups is 2. The maximum absolute atomic E-state index is 12.6. The summed E-state index contributed by atoms with van der Waals surface area (Å²) in [6.45, 7) is 2.17.